The molecular formula is C19H22N2O3. The molecule has 0 spiro atoms. The SMILES string of the molecule is O=C(O)C1CCCCN1Cc1cccc(OCc2ccccn2)c1. The molecule has 0 saturated carbocycles. The molecule has 1 N–H and O–H groups in total. The van der Waals surface area contributed by atoms with Crippen LogP contribution in [0.5, 0.6) is 5.75 Å². The fourth-order valence-corrected chi connectivity index (χ4v) is 3.07. The summed E-state index contributed by atoms with van der Waals surface area (Å²) >= 11 is 0. The van der Waals surface area contributed by atoms with Crippen molar-refractivity contribution in [2.24, 2.45) is 0 Å². The van der Waals surface area contributed by atoms with Crippen LogP contribution in [0.4, 0.5) is 0 Å². The summed E-state index contributed by atoms with van der Waals surface area (Å²) in [5, 5.41) is 9.38. The van der Waals surface area contributed by atoms with Gasteiger partial charge in [-0.2, -0.15) is 0 Å². The molecule has 0 aliphatic carbocycles. The number of pyridine rings is 1. The Morgan fingerprint density at radius 2 is 2.17 bits per heavy atom. The van der Waals surface area contributed by atoms with Crippen molar-refractivity contribution in [3.63, 3.8) is 0 Å². The third-order valence-corrected chi connectivity index (χ3v) is 4.30. The van der Waals surface area contributed by atoms with Gasteiger partial charge in [0, 0.05) is 12.7 Å². The second-order valence-electron chi connectivity index (χ2n) is 6.08. The van der Waals surface area contributed by atoms with Gasteiger partial charge in [0.2, 0.25) is 0 Å². The predicted molar refractivity (Wildman–Crippen MR) is 90.7 cm³/mol. The molecule has 1 aromatic heterocycles. The number of nitrogens with zero attached hydrogens (tertiary/aromatic N) is 2. The Morgan fingerprint density at radius 1 is 1.25 bits per heavy atom. The molecule has 1 saturated heterocycles. The normalized spacial score (nSPS) is 18.2. The Hall–Kier alpha value is -2.40. The average Bonchev–Trinajstić information content (AvgIpc) is 2.61. The number of likely N-dealkylation sites (tertiary alicyclic amines) is 1. The predicted octanol–water partition coefficient (Wildman–Crippen LogP) is 3.10. The van der Waals surface area contributed by atoms with Crippen LogP contribution in [-0.2, 0) is 17.9 Å². The summed E-state index contributed by atoms with van der Waals surface area (Å²) in [7, 11) is 0. The van der Waals surface area contributed by atoms with E-state index >= 15 is 0 Å². The molecule has 1 aliphatic heterocycles. The third-order valence-electron chi connectivity index (χ3n) is 4.30. The first-order valence-electron chi connectivity index (χ1n) is 8.31. The van der Waals surface area contributed by atoms with Crippen LogP contribution < -0.4 is 4.74 Å². The second kappa shape index (κ2) is 7.93. The molecule has 2 aromatic rings. The molecule has 1 fully saturated rings. The number of hydrogen-bond donors (Lipinski definition) is 1. The van der Waals surface area contributed by atoms with Crippen LogP contribution in [0.25, 0.3) is 0 Å². The van der Waals surface area contributed by atoms with E-state index in [1.807, 2.05) is 47.4 Å². The zero-order valence-electron chi connectivity index (χ0n) is 13.6. The van der Waals surface area contributed by atoms with Crippen molar-refractivity contribution in [1.29, 1.82) is 0 Å². The molecule has 1 aromatic carbocycles. The van der Waals surface area contributed by atoms with Crippen molar-refractivity contribution in [2.45, 2.75) is 38.5 Å². The zero-order valence-corrected chi connectivity index (χ0v) is 13.6. The second-order valence-corrected chi connectivity index (χ2v) is 6.08. The van der Waals surface area contributed by atoms with Gasteiger partial charge in [-0.15, -0.1) is 0 Å². The molecule has 0 amide bonds. The molecule has 1 unspecified atom stereocenters. The van der Waals surface area contributed by atoms with E-state index < -0.39 is 5.97 Å². The molecule has 1 aliphatic rings. The smallest absolute Gasteiger partial charge is 0.320 e. The van der Waals surface area contributed by atoms with Gasteiger partial charge in [0.25, 0.3) is 0 Å². The van der Waals surface area contributed by atoms with E-state index in [2.05, 4.69) is 4.98 Å². The lowest BCUT2D eigenvalue weighted by molar-refractivity contribution is -0.144. The van der Waals surface area contributed by atoms with E-state index in [4.69, 9.17) is 4.74 Å². The molecule has 24 heavy (non-hydrogen) atoms. The van der Waals surface area contributed by atoms with Crippen LogP contribution >= 0.6 is 0 Å². The highest BCUT2D eigenvalue weighted by atomic mass is 16.5. The number of aromatic nitrogens is 1. The molecule has 3 rings (SSSR count). The van der Waals surface area contributed by atoms with E-state index in [1.54, 1.807) is 6.20 Å². The average molecular weight is 326 g/mol. The van der Waals surface area contributed by atoms with Crippen molar-refractivity contribution in [1.82, 2.24) is 9.88 Å². The van der Waals surface area contributed by atoms with E-state index in [1.165, 1.54) is 0 Å². The number of rotatable bonds is 6. The number of ether oxygens (including phenoxy) is 1. The Bertz CT molecular complexity index is 675. The van der Waals surface area contributed by atoms with E-state index in [-0.39, 0.29) is 6.04 Å². The first-order chi connectivity index (χ1) is 11.7. The van der Waals surface area contributed by atoms with Gasteiger partial charge in [0.15, 0.2) is 0 Å². The Labute approximate surface area is 141 Å². The quantitative estimate of drug-likeness (QED) is 0.884. The van der Waals surface area contributed by atoms with E-state index in [9.17, 15) is 9.90 Å². The lowest BCUT2D eigenvalue weighted by atomic mass is 10.0. The van der Waals surface area contributed by atoms with Crippen LogP contribution in [0.15, 0.2) is 48.7 Å². The summed E-state index contributed by atoms with van der Waals surface area (Å²) in [5.74, 6) is 0.0549. The lowest BCUT2D eigenvalue weighted by Crippen LogP contribution is -2.43. The van der Waals surface area contributed by atoms with Gasteiger partial charge in [0.1, 0.15) is 18.4 Å². The highest BCUT2D eigenvalue weighted by Crippen LogP contribution is 2.22. The maximum absolute atomic E-state index is 11.4. The maximum Gasteiger partial charge on any atom is 0.320 e. The van der Waals surface area contributed by atoms with E-state index in [0.29, 0.717) is 13.2 Å². The molecule has 1 atom stereocenters. The molecule has 5 nitrogen and oxygen atoms in total. The minimum absolute atomic E-state index is 0.378. The van der Waals surface area contributed by atoms with Gasteiger partial charge >= 0.3 is 5.97 Å². The monoisotopic (exact) mass is 326 g/mol. The summed E-state index contributed by atoms with van der Waals surface area (Å²) in [6.45, 7) is 1.89. The lowest BCUT2D eigenvalue weighted by Gasteiger charge is -2.32. The minimum Gasteiger partial charge on any atom is -0.487 e. The number of benzene rings is 1. The number of piperidine rings is 1. The highest BCUT2D eigenvalue weighted by molar-refractivity contribution is 5.73. The van der Waals surface area contributed by atoms with Crippen LogP contribution in [0.2, 0.25) is 0 Å². The van der Waals surface area contributed by atoms with Gasteiger partial charge in [0.05, 0.1) is 5.69 Å². The van der Waals surface area contributed by atoms with Crippen LogP contribution in [0.1, 0.15) is 30.5 Å². The standard InChI is InChI=1S/C19H22N2O3/c22-19(23)18-9-2-4-11-21(18)13-15-6-5-8-17(12-15)24-14-16-7-1-3-10-20-16/h1,3,5-8,10,12,18H,2,4,9,11,13-14H2,(H,22,23). The molecule has 5 heteroatoms. The van der Waals surface area contributed by atoms with Gasteiger partial charge in [-0.05, 0) is 49.2 Å². The number of carboxylic acids is 1. The van der Waals surface area contributed by atoms with Gasteiger partial charge < -0.3 is 9.84 Å². The van der Waals surface area contributed by atoms with Gasteiger partial charge in [-0.3, -0.25) is 14.7 Å². The number of carbonyl (C=O) groups is 1. The van der Waals surface area contributed by atoms with Crippen LogP contribution in [-0.4, -0.2) is 33.5 Å². The van der Waals surface area contributed by atoms with Gasteiger partial charge in [-0.25, -0.2) is 0 Å². The fourth-order valence-electron chi connectivity index (χ4n) is 3.07. The third kappa shape index (κ3) is 4.32. The molecular weight excluding hydrogens is 304 g/mol. The molecule has 0 radical (unpaired) electrons. The van der Waals surface area contributed by atoms with Crippen molar-refractivity contribution >= 4 is 5.97 Å². The number of hydrogen-bond acceptors (Lipinski definition) is 4. The fraction of sp³-hybridized carbons (Fsp3) is 0.368. The van der Waals surface area contributed by atoms with E-state index in [0.717, 1.165) is 42.8 Å². The number of carboxylic acid groups (broad SMARTS) is 1. The Kier molecular flexibility index (Phi) is 5.43. The van der Waals surface area contributed by atoms with Crippen molar-refractivity contribution in [3.8, 4) is 5.75 Å². The molecule has 126 valence electrons. The van der Waals surface area contributed by atoms with Crippen molar-refractivity contribution in [2.75, 3.05) is 6.54 Å². The van der Waals surface area contributed by atoms with Crippen LogP contribution in [0.3, 0.4) is 0 Å². The highest BCUT2D eigenvalue weighted by Gasteiger charge is 2.28. The summed E-state index contributed by atoms with van der Waals surface area (Å²) < 4.78 is 5.80. The summed E-state index contributed by atoms with van der Waals surface area (Å²) in [5.41, 5.74) is 1.95. The minimum atomic E-state index is -0.725. The first kappa shape index (κ1) is 16.5. The van der Waals surface area contributed by atoms with Crippen molar-refractivity contribution in [3.05, 3.63) is 59.9 Å². The van der Waals surface area contributed by atoms with Crippen LogP contribution in [0, 0.1) is 0 Å². The summed E-state index contributed by atoms with van der Waals surface area (Å²) in [6.07, 6.45) is 4.52. The first-order valence-corrected chi connectivity index (χ1v) is 8.31. The van der Waals surface area contributed by atoms with Gasteiger partial charge in [-0.1, -0.05) is 24.6 Å². The summed E-state index contributed by atoms with van der Waals surface area (Å²) in [4.78, 5) is 17.7. The molecule has 0 bridgehead atoms. The largest absolute Gasteiger partial charge is 0.487 e. The topological polar surface area (TPSA) is 62.7 Å². The summed E-state index contributed by atoms with van der Waals surface area (Å²) in [6, 6.07) is 13.2. The maximum atomic E-state index is 11.4. The zero-order chi connectivity index (χ0) is 16.8. The Balaban J connectivity index is 1.63. The van der Waals surface area contributed by atoms with Crippen molar-refractivity contribution < 1.29 is 14.6 Å². The molecule has 2 heterocycles. The number of aliphatic carboxylic acids is 1. The Morgan fingerprint density at radius 3 is 2.96 bits per heavy atom.